The lowest BCUT2D eigenvalue weighted by atomic mass is 10.0. The number of benzene rings is 1. The third kappa shape index (κ3) is 9.68. The summed E-state index contributed by atoms with van der Waals surface area (Å²) >= 11 is 0. The van der Waals surface area contributed by atoms with Crippen molar-refractivity contribution in [3.05, 3.63) is 42.1 Å². The largest absolute Gasteiger partial charge is 0.497 e. The van der Waals surface area contributed by atoms with Crippen LogP contribution in [0.3, 0.4) is 0 Å². The summed E-state index contributed by atoms with van der Waals surface area (Å²) in [5.74, 6) is -1.83. The van der Waals surface area contributed by atoms with Gasteiger partial charge in [-0.3, -0.25) is 23.9 Å². The number of sulfonamides is 1. The molecule has 15 nitrogen and oxygen atoms in total. The monoisotopic (exact) mass is 769 g/mol. The Bertz CT molecular complexity index is 1940. The second-order valence-electron chi connectivity index (χ2n) is 15.6. The first-order valence-electron chi connectivity index (χ1n) is 18.3. The number of ether oxygens (including phenoxy) is 3. The lowest BCUT2D eigenvalue weighted by molar-refractivity contribution is -0.141. The van der Waals surface area contributed by atoms with Crippen LogP contribution in [0.25, 0.3) is 10.8 Å². The minimum atomic E-state index is -3.90. The zero-order valence-corrected chi connectivity index (χ0v) is 32.7. The van der Waals surface area contributed by atoms with Crippen LogP contribution in [-0.4, -0.2) is 96.1 Å². The second-order valence-corrected chi connectivity index (χ2v) is 17.5. The fraction of sp³-hybridized carbons (Fsp3) is 0.579. The fourth-order valence-corrected chi connectivity index (χ4v) is 8.13. The molecule has 2 aromatic rings. The quantitative estimate of drug-likeness (QED) is 0.223. The Morgan fingerprint density at radius 2 is 1.83 bits per heavy atom. The normalized spacial score (nSPS) is 22.8. The average Bonchev–Trinajstić information content (AvgIpc) is 4.02. The Hall–Kier alpha value is -4.73. The molecule has 1 aromatic carbocycles. The molecular weight excluding hydrogens is 719 g/mol. The molecule has 1 aliphatic heterocycles. The predicted molar refractivity (Wildman–Crippen MR) is 199 cm³/mol. The van der Waals surface area contributed by atoms with Crippen LogP contribution in [-0.2, 0) is 33.9 Å². The molecule has 5 atom stereocenters. The Balaban J connectivity index is 1.45. The molecular formula is C38H51N5O10S. The summed E-state index contributed by atoms with van der Waals surface area (Å²) in [6, 6.07) is 4.70. The summed E-state index contributed by atoms with van der Waals surface area (Å²) in [5, 5.41) is 6.23. The molecule has 4 amide bonds. The summed E-state index contributed by atoms with van der Waals surface area (Å²) in [5.41, 5.74) is -1.60. The number of carbonyl (C=O) groups excluding carboxylic acids is 5. The van der Waals surface area contributed by atoms with E-state index in [9.17, 15) is 32.4 Å². The van der Waals surface area contributed by atoms with Crippen molar-refractivity contribution in [3.63, 3.8) is 0 Å². The van der Waals surface area contributed by atoms with E-state index >= 15 is 0 Å². The van der Waals surface area contributed by atoms with Crippen LogP contribution < -0.4 is 24.8 Å². The van der Waals surface area contributed by atoms with Gasteiger partial charge in [0.2, 0.25) is 27.7 Å². The third-order valence-electron chi connectivity index (χ3n) is 9.73. The highest BCUT2D eigenvalue weighted by molar-refractivity contribution is 7.91. The topological polar surface area (TPSA) is 199 Å². The number of likely N-dealkylation sites (tertiary alicyclic amines) is 1. The van der Waals surface area contributed by atoms with Crippen molar-refractivity contribution in [2.24, 2.45) is 5.92 Å². The van der Waals surface area contributed by atoms with Crippen molar-refractivity contribution in [1.82, 2.24) is 25.2 Å². The fourth-order valence-electron chi connectivity index (χ4n) is 6.77. The van der Waals surface area contributed by atoms with E-state index in [-0.39, 0.29) is 49.8 Å². The van der Waals surface area contributed by atoms with Gasteiger partial charge in [-0.05, 0) is 102 Å². The number of aromatic nitrogens is 1. The molecule has 3 N–H and O–H groups in total. The van der Waals surface area contributed by atoms with Gasteiger partial charge in [0.05, 0.1) is 18.9 Å². The lowest BCUT2D eigenvalue weighted by Gasteiger charge is -2.30. The van der Waals surface area contributed by atoms with E-state index in [1.54, 1.807) is 66.1 Å². The highest BCUT2D eigenvalue weighted by Crippen LogP contribution is 2.47. The summed E-state index contributed by atoms with van der Waals surface area (Å²) < 4.78 is 44.8. The lowest BCUT2D eigenvalue weighted by Crippen LogP contribution is -2.58. The Morgan fingerprint density at radius 3 is 2.44 bits per heavy atom. The number of hydrogen-bond acceptors (Lipinski definition) is 11. The van der Waals surface area contributed by atoms with Gasteiger partial charge in [0.1, 0.15) is 35.1 Å². The molecule has 3 aliphatic rings. The van der Waals surface area contributed by atoms with E-state index in [1.165, 1.54) is 11.0 Å². The number of methoxy groups -OCH3 is 1. The van der Waals surface area contributed by atoms with Gasteiger partial charge in [0.25, 0.3) is 5.91 Å². The number of amides is 4. The number of alkyl carbamates (subject to hydrolysis) is 1. The maximum absolute atomic E-state index is 14.5. The molecule has 0 unspecified atom stereocenters. The minimum Gasteiger partial charge on any atom is -0.497 e. The number of pyridine rings is 1. The molecule has 294 valence electrons. The van der Waals surface area contributed by atoms with Crippen LogP contribution in [0.2, 0.25) is 0 Å². The average molecular weight is 770 g/mol. The molecule has 3 fully saturated rings. The van der Waals surface area contributed by atoms with Crippen molar-refractivity contribution in [2.75, 3.05) is 13.7 Å². The molecule has 2 saturated carbocycles. The molecule has 1 saturated heterocycles. The van der Waals surface area contributed by atoms with E-state index in [0.29, 0.717) is 30.4 Å². The standard InChI is InChI=1S/C38H51N5O10S/c1-8-24-20-38(24,35(47)42-54(49,50)28-11-12-28)41-32(45)31-19-27(52-33-29-13-10-26(51-7)18-23(29)15-16-39-33)21-43(31)34(46)30(14-9-25(44)17-22(2)3)40-36(48)53-37(4,5)6/h10,13,15-18,24,27-28,30-31H,8-9,11-12,14,19-21H2,1-7H3,(H,40,48)(H,41,45)(H,42,47)/t24-,27-,30+,31+,38-/m1/s1. The number of carbonyl (C=O) groups is 5. The maximum Gasteiger partial charge on any atom is 0.408 e. The predicted octanol–water partition coefficient (Wildman–Crippen LogP) is 3.69. The van der Waals surface area contributed by atoms with Gasteiger partial charge in [-0.2, -0.15) is 0 Å². The van der Waals surface area contributed by atoms with Crippen LogP contribution in [0, 0.1) is 5.92 Å². The van der Waals surface area contributed by atoms with Crippen molar-refractivity contribution >= 4 is 50.4 Å². The zero-order valence-electron chi connectivity index (χ0n) is 31.9. The van der Waals surface area contributed by atoms with E-state index < -0.39 is 68.4 Å². The highest BCUT2D eigenvalue weighted by Gasteiger charge is 2.62. The first-order valence-corrected chi connectivity index (χ1v) is 19.9. The summed E-state index contributed by atoms with van der Waals surface area (Å²) in [7, 11) is -2.34. The number of nitrogens with one attached hydrogen (secondary N) is 3. The van der Waals surface area contributed by atoms with Crippen LogP contribution in [0.15, 0.2) is 42.1 Å². The first-order chi connectivity index (χ1) is 25.4. The van der Waals surface area contributed by atoms with E-state index in [4.69, 9.17) is 14.2 Å². The van der Waals surface area contributed by atoms with Crippen molar-refractivity contribution in [1.29, 1.82) is 0 Å². The number of ketones is 1. The summed E-state index contributed by atoms with van der Waals surface area (Å²) in [6.45, 7) is 10.3. The molecule has 16 heteroatoms. The van der Waals surface area contributed by atoms with Gasteiger partial charge in [-0.1, -0.05) is 18.9 Å². The van der Waals surface area contributed by atoms with Crippen LogP contribution >= 0.6 is 0 Å². The van der Waals surface area contributed by atoms with E-state index in [2.05, 4.69) is 20.3 Å². The number of allylic oxidation sites excluding steroid dienone is 2. The Morgan fingerprint density at radius 1 is 1.11 bits per heavy atom. The van der Waals surface area contributed by atoms with Gasteiger partial charge >= 0.3 is 6.09 Å². The molecule has 2 aliphatic carbocycles. The number of fused-ring (bicyclic) bond motifs is 1. The van der Waals surface area contributed by atoms with Crippen LogP contribution in [0.5, 0.6) is 11.6 Å². The Labute approximate surface area is 316 Å². The minimum absolute atomic E-state index is 0.0173. The number of hydrogen-bond donors (Lipinski definition) is 3. The molecule has 5 rings (SSSR count). The molecule has 2 heterocycles. The first kappa shape index (κ1) is 40.5. The van der Waals surface area contributed by atoms with E-state index in [1.807, 2.05) is 13.0 Å². The van der Waals surface area contributed by atoms with Gasteiger partial charge < -0.3 is 29.7 Å². The molecule has 0 bridgehead atoms. The summed E-state index contributed by atoms with van der Waals surface area (Å²) in [4.78, 5) is 73.7. The SMILES string of the molecule is CC[C@@H]1C[C@]1(NC(=O)[C@@H]1C[C@@H](Oc2nccc3cc(OC)ccc23)CN1C(=O)[C@H](CCC(=O)C=C(C)C)NC(=O)OC(C)(C)C)C(=O)NS(=O)(=O)C1CC1. The van der Waals surface area contributed by atoms with Gasteiger partial charge in [-0.15, -0.1) is 0 Å². The van der Waals surface area contributed by atoms with Crippen molar-refractivity contribution in [2.45, 2.75) is 121 Å². The van der Waals surface area contributed by atoms with E-state index in [0.717, 1.165) is 11.0 Å². The summed E-state index contributed by atoms with van der Waals surface area (Å²) in [6.07, 6.45) is 2.82. The second kappa shape index (κ2) is 15.9. The van der Waals surface area contributed by atoms with Gasteiger partial charge in [0, 0.05) is 24.4 Å². The van der Waals surface area contributed by atoms with Crippen LogP contribution in [0.1, 0.15) is 86.5 Å². The smallest absolute Gasteiger partial charge is 0.408 e. The molecule has 0 spiro atoms. The highest BCUT2D eigenvalue weighted by atomic mass is 32.2. The molecule has 0 radical (unpaired) electrons. The number of rotatable bonds is 15. The zero-order chi connectivity index (χ0) is 39.6. The molecule has 1 aromatic heterocycles. The number of nitrogens with zero attached hydrogens (tertiary/aromatic N) is 2. The Kier molecular flexibility index (Phi) is 11.9. The van der Waals surface area contributed by atoms with Crippen LogP contribution in [0.4, 0.5) is 4.79 Å². The van der Waals surface area contributed by atoms with Gasteiger partial charge in [-0.25, -0.2) is 18.2 Å². The maximum atomic E-state index is 14.5. The van der Waals surface area contributed by atoms with Crippen molar-refractivity contribution < 1.29 is 46.6 Å². The third-order valence-corrected chi connectivity index (χ3v) is 11.5. The molecule has 54 heavy (non-hydrogen) atoms. The van der Waals surface area contributed by atoms with Crippen molar-refractivity contribution in [3.8, 4) is 11.6 Å². The van der Waals surface area contributed by atoms with Gasteiger partial charge in [0.15, 0.2) is 5.78 Å².